The number of aryl methyl sites for hydroxylation is 3. The average molecular weight is 435 g/mol. The smallest absolute Gasteiger partial charge is 0.232 e. The zero-order valence-electron chi connectivity index (χ0n) is 17.4. The fraction of sp³-hybridized carbons (Fsp3) is 0.174. The Balaban J connectivity index is 1.76. The molecule has 0 spiro atoms. The van der Waals surface area contributed by atoms with Gasteiger partial charge in [-0.05, 0) is 51.1 Å². The van der Waals surface area contributed by atoms with Crippen LogP contribution in [0.3, 0.4) is 0 Å². The summed E-state index contributed by atoms with van der Waals surface area (Å²) >= 11 is 6.12. The van der Waals surface area contributed by atoms with Crippen LogP contribution in [-0.4, -0.2) is 27.2 Å². The van der Waals surface area contributed by atoms with E-state index in [4.69, 9.17) is 25.6 Å². The molecule has 0 atom stereocenters. The van der Waals surface area contributed by atoms with Gasteiger partial charge in [-0.15, -0.1) is 0 Å². The summed E-state index contributed by atoms with van der Waals surface area (Å²) in [6.45, 7) is 5.62. The summed E-state index contributed by atoms with van der Waals surface area (Å²) in [7, 11) is 1.64. The summed E-state index contributed by atoms with van der Waals surface area (Å²) in [5, 5.41) is 6.32. The van der Waals surface area contributed by atoms with E-state index < -0.39 is 0 Å². The fourth-order valence-electron chi connectivity index (χ4n) is 3.85. The largest absolute Gasteiger partial charge is 0.496 e. The Bertz CT molecular complexity index is 1440. The van der Waals surface area contributed by atoms with E-state index in [1.807, 2.05) is 45.0 Å². The molecule has 0 radical (unpaired) electrons. The molecule has 5 rings (SSSR count). The first-order valence-corrected chi connectivity index (χ1v) is 10.1. The lowest BCUT2D eigenvalue weighted by atomic mass is 10.0. The summed E-state index contributed by atoms with van der Waals surface area (Å²) in [5.41, 5.74) is 4.15. The van der Waals surface area contributed by atoms with E-state index in [9.17, 15) is 0 Å². The molecule has 0 amide bonds. The van der Waals surface area contributed by atoms with Crippen molar-refractivity contribution in [1.82, 2.24) is 20.1 Å². The quantitative estimate of drug-likeness (QED) is 0.365. The van der Waals surface area contributed by atoms with Crippen LogP contribution in [0.1, 0.15) is 17.3 Å². The van der Waals surface area contributed by atoms with Gasteiger partial charge in [-0.1, -0.05) is 22.8 Å². The number of aromatic amines is 1. The highest BCUT2D eigenvalue weighted by Gasteiger charge is 2.21. The van der Waals surface area contributed by atoms with Crippen molar-refractivity contribution >= 4 is 33.5 Å². The molecule has 0 aliphatic carbocycles. The molecule has 0 aliphatic rings. The summed E-state index contributed by atoms with van der Waals surface area (Å²) in [5.74, 6) is 3.06. The Morgan fingerprint density at radius 1 is 1.06 bits per heavy atom. The number of hydrogen-bond donors (Lipinski definition) is 1. The minimum Gasteiger partial charge on any atom is -0.496 e. The number of methoxy groups -OCH3 is 1. The first-order valence-electron chi connectivity index (χ1n) is 9.69. The van der Waals surface area contributed by atoms with Crippen molar-refractivity contribution in [1.29, 1.82) is 0 Å². The highest BCUT2D eigenvalue weighted by atomic mass is 35.5. The van der Waals surface area contributed by atoms with Crippen molar-refractivity contribution in [3.8, 4) is 28.5 Å². The number of benzene rings is 2. The van der Waals surface area contributed by atoms with Crippen molar-refractivity contribution < 1.29 is 14.0 Å². The van der Waals surface area contributed by atoms with Crippen molar-refractivity contribution in [3.63, 3.8) is 0 Å². The Kier molecular flexibility index (Phi) is 4.55. The molecule has 1 N–H and O–H groups in total. The lowest BCUT2D eigenvalue weighted by Gasteiger charge is -2.10. The maximum atomic E-state index is 6.12. The summed E-state index contributed by atoms with van der Waals surface area (Å²) in [4.78, 5) is 12.5. The number of aromatic nitrogens is 4. The van der Waals surface area contributed by atoms with Gasteiger partial charge in [-0.3, -0.25) is 0 Å². The summed E-state index contributed by atoms with van der Waals surface area (Å²) in [6.07, 6.45) is 0. The molecule has 0 bridgehead atoms. The van der Waals surface area contributed by atoms with Crippen molar-refractivity contribution in [2.45, 2.75) is 20.8 Å². The van der Waals surface area contributed by atoms with E-state index in [1.165, 1.54) is 0 Å². The topological polar surface area (TPSA) is 86.1 Å². The van der Waals surface area contributed by atoms with Crippen LogP contribution < -0.4 is 9.47 Å². The predicted octanol–water partition coefficient (Wildman–Crippen LogP) is 6.15. The number of hydrogen-bond acceptors (Lipinski definition) is 6. The second kappa shape index (κ2) is 7.28. The highest BCUT2D eigenvalue weighted by Crippen LogP contribution is 2.41. The molecule has 0 saturated carbocycles. The Hall–Kier alpha value is -3.58. The number of nitrogens with one attached hydrogen (secondary N) is 1. The first-order chi connectivity index (χ1) is 14.9. The molecule has 2 aromatic carbocycles. The van der Waals surface area contributed by atoms with Gasteiger partial charge in [0.25, 0.3) is 0 Å². The standard InChI is InChI=1S/C23H19ClN4O3/c1-11-20(12(2)31-28-11)17-9-18-16(10-19(17)29-4)21-22(27-18)25-13(3)26-23(21)30-15-7-5-6-14(24)8-15/h5-10H,1-4H3,(H,25,26,27). The van der Waals surface area contributed by atoms with Crippen LogP contribution in [0.4, 0.5) is 0 Å². The zero-order chi connectivity index (χ0) is 21.7. The van der Waals surface area contributed by atoms with Gasteiger partial charge in [0, 0.05) is 21.5 Å². The van der Waals surface area contributed by atoms with Crippen LogP contribution in [-0.2, 0) is 0 Å². The first kappa shape index (κ1) is 19.4. The molecular formula is C23H19ClN4O3. The molecule has 0 saturated heterocycles. The summed E-state index contributed by atoms with van der Waals surface area (Å²) < 4.78 is 17.2. The monoisotopic (exact) mass is 434 g/mol. The molecule has 0 aliphatic heterocycles. The minimum atomic E-state index is 0.447. The van der Waals surface area contributed by atoms with Gasteiger partial charge < -0.3 is 19.0 Å². The third-order valence-corrected chi connectivity index (χ3v) is 5.40. The second-order valence-electron chi connectivity index (χ2n) is 7.28. The number of rotatable bonds is 4. The summed E-state index contributed by atoms with van der Waals surface area (Å²) in [6, 6.07) is 11.2. The van der Waals surface area contributed by atoms with Gasteiger partial charge in [-0.25, -0.2) is 4.98 Å². The van der Waals surface area contributed by atoms with Gasteiger partial charge in [0.1, 0.15) is 28.7 Å². The van der Waals surface area contributed by atoms with Crippen LogP contribution >= 0.6 is 11.6 Å². The van der Waals surface area contributed by atoms with E-state index in [0.29, 0.717) is 33.9 Å². The number of ether oxygens (including phenoxy) is 2. The zero-order valence-corrected chi connectivity index (χ0v) is 18.2. The van der Waals surface area contributed by atoms with Crippen LogP contribution in [0.15, 0.2) is 40.9 Å². The third-order valence-electron chi connectivity index (χ3n) is 5.16. The predicted molar refractivity (Wildman–Crippen MR) is 119 cm³/mol. The minimum absolute atomic E-state index is 0.447. The van der Waals surface area contributed by atoms with E-state index >= 15 is 0 Å². The molecule has 0 fully saturated rings. The molecule has 0 unspecified atom stereocenters. The Morgan fingerprint density at radius 2 is 1.90 bits per heavy atom. The highest BCUT2D eigenvalue weighted by molar-refractivity contribution is 6.30. The molecule has 3 heterocycles. The Morgan fingerprint density at radius 3 is 2.61 bits per heavy atom. The maximum absolute atomic E-state index is 6.12. The number of nitrogens with zero attached hydrogens (tertiary/aromatic N) is 3. The van der Waals surface area contributed by atoms with Gasteiger partial charge in [0.2, 0.25) is 5.88 Å². The van der Waals surface area contributed by atoms with E-state index in [2.05, 4.69) is 20.1 Å². The fourth-order valence-corrected chi connectivity index (χ4v) is 4.03. The van der Waals surface area contributed by atoms with Crippen molar-refractivity contribution in [2.24, 2.45) is 0 Å². The van der Waals surface area contributed by atoms with Crippen molar-refractivity contribution in [2.75, 3.05) is 7.11 Å². The molecule has 3 aromatic heterocycles. The van der Waals surface area contributed by atoms with Gasteiger partial charge in [0.15, 0.2) is 0 Å². The average Bonchev–Trinajstić information content (AvgIpc) is 3.25. The number of halogens is 1. The Labute approximate surface area is 183 Å². The van der Waals surface area contributed by atoms with E-state index in [0.717, 1.165) is 38.9 Å². The third kappa shape index (κ3) is 3.27. The second-order valence-corrected chi connectivity index (χ2v) is 7.72. The van der Waals surface area contributed by atoms with Crippen LogP contribution in [0.25, 0.3) is 33.1 Å². The maximum Gasteiger partial charge on any atom is 0.232 e. The van der Waals surface area contributed by atoms with E-state index in [1.54, 1.807) is 19.2 Å². The van der Waals surface area contributed by atoms with Gasteiger partial charge in [-0.2, -0.15) is 4.98 Å². The lowest BCUT2D eigenvalue weighted by Crippen LogP contribution is -1.94. The van der Waals surface area contributed by atoms with Gasteiger partial charge in [0.05, 0.1) is 23.8 Å². The van der Waals surface area contributed by atoms with Crippen molar-refractivity contribution in [3.05, 3.63) is 58.7 Å². The molecule has 8 heteroatoms. The normalized spacial score (nSPS) is 11.4. The number of fused-ring (bicyclic) bond motifs is 3. The molecule has 5 aromatic rings. The van der Waals surface area contributed by atoms with Crippen LogP contribution in [0, 0.1) is 20.8 Å². The molecular weight excluding hydrogens is 416 g/mol. The van der Waals surface area contributed by atoms with Gasteiger partial charge >= 0.3 is 0 Å². The SMILES string of the molecule is COc1cc2c(cc1-c1c(C)noc1C)[nH]c1nc(C)nc(Oc3cccc(Cl)c3)c12. The van der Waals surface area contributed by atoms with Crippen LogP contribution in [0.5, 0.6) is 17.4 Å². The molecule has 7 nitrogen and oxygen atoms in total. The van der Waals surface area contributed by atoms with E-state index in [-0.39, 0.29) is 0 Å². The number of H-pyrrole nitrogens is 1. The molecule has 31 heavy (non-hydrogen) atoms. The lowest BCUT2D eigenvalue weighted by molar-refractivity contribution is 0.393. The van der Waals surface area contributed by atoms with Crippen LogP contribution in [0.2, 0.25) is 5.02 Å². The molecule has 156 valence electrons.